The van der Waals surface area contributed by atoms with Crippen molar-refractivity contribution in [2.45, 2.75) is 13.5 Å². The van der Waals surface area contributed by atoms with Gasteiger partial charge in [0.15, 0.2) is 0 Å². The van der Waals surface area contributed by atoms with Crippen molar-refractivity contribution in [2.24, 2.45) is 0 Å². The first-order valence-electron chi connectivity index (χ1n) is 6.61. The van der Waals surface area contributed by atoms with Gasteiger partial charge >= 0.3 is 0 Å². The predicted molar refractivity (Wildman–Crippen MR) is 84.0 cm³/mol. The molecule has 2 aromatic carbocycles. The molecule has 0 bridgehead atoms. The van der Waals surface area contributed by atoms with Gasteiger partial charge in [-0.05, 0) is 48.4 Å². The first-order chi connectivity index (χ1) is 9.60. The Hall–Kier alpha value is -2.47. The smallest absolute Gasteiger partial charge is 0.0991 e. The fourth-order valence-corrected chi connectivity index (χ4v) is 2.07. The zero-order chi connectivity index (χ0) is 14.5. The molecule has 0 spiro atoms. The first kappa shape index (κ1) is 14.0. The highest BCUT2D eigenvalue weighted by Crippen LogP contribution is 2.22. The van der Waals surface area contributed by atoms with Gasteiger partial charge in [0.05, 0.1) is 11.6 Å². The second-order valence-electron chi connectivity index (χ2n) is 5.06. The van der Waals surface area contributed by atoms with E-state index in [1.54, 1.807) is 0 Å². The number of hydrogen-bond donors (Lipinski definition) is 1. The maximum atomic E-state index is 8.90. The van der Waals surface area contributed by atoms with E-state index in [-0.39, 0.29) is 0 Å². The molecular formula is C17H19N3. The Morgan fingerprint density at radius 3 is 2.60 bits per heavy atom. The van der Waals surface area contributed by atoms with Crippen LogP contribution in [-0.4, -0.2) is 14.1 Å². The number of anilines is 2. The lowest BCUT2D eigenvalue weighted by molar-refractivity contribution is 1.11. The van der Waals surface area contributed by atoms with E-state index < -0.39 is 0 Å². The first-order valence-corrected chi connectivity index (χ1v) is 6.61. The molecule has 0 radical (unpaired) electrons. The van der Waals surface area contributed by atoms with Crippen molar-refractivity contribution >= 4 is 11.4 Å². The zero-order valence-electron chi connectivity index (χ0n) is 12.1. The van der Waals surface area contributed by atoms with Crippen molar-refractivity contribution in [1.29, 1.82) is 5.26 Å². The molecule has 2 aromatic rings. The van der Waals surface area contributed by atoms with Crippen molar-refractivity contribution < 1.29 is 0 Å². The summed E-state index contributed by atoms with van der Waals surface area (Å²) in [5, 5.41) is 12.3. The Balaban J connectivity index is 2.09. The number of nitriles is 1. The van der Waals surface area contributed by atoms with E-state index in [0.717, 1.165) is 17.8 Å². The molecule has 3 nitrogen and oxygen atoms in total. The van der Waals surface area contributed by atoms with Crippen LogP contribution in [0.2, 0.25) is 0 Å². The summed E-state index contributed by atoms with van der Waals surface area (Å²) in [5.74, 6) is 0. The van der Waals surface area contributed by atoms with Crippen LogP contribution in [0.15, 0.2) is 42.5 Å². The summed E-state index contributed by atoms with van der Waals surface area (Å²) in [6.07, 6.45) is 0. The van der Waals surface area contributed by atoms with E-state index in [4.69, 9.17) is 5.26 Å². The van der Waals surface area contributed by atoms with E-state index in [2.05, 4.69) is 41.4 Å². The van der Waals surface area contributed by atoms with Crippen LogP contribution in [0.5, 0.6) is 0 Å². The van der Waals surface area contributed by atoms with Crippen LogP contribution in [-0.2, 0) is 6.54 Å². The number of nitrogens with one attached hydrogen (secondary N) is 1. The van der Waals surface area contributed by atoms with Crippen LogP contribution in [0.4, 0.5) is 11.4 Å². The maximum absolute atomic E-state index is 8.90. The molecule has 0 amide bonds. The van der Waals surface area contributed by atoms with Crippen molar-refractivity contribution in [2.75, 3.05) is 24.3 Å². The fraction of sp³-hybridized carbons (Fsp3) is 0.235. The van der Waals surface area contributed by atoms with Crippen molar-refractivity contribution in [3.8, 4) is 6.07 Å². The molecule has 0 aliphatic rings. The molecule has 0 atom stereocenters. The molecule has 3 heteroatoms. The highest BCUT2D eigenvalue weighted by molar-refractivity contribution is 5.60. The summed E-state index contributed by atoms with van der Waals surface area (Å²) < 4.78 is 0. The normalized spacial score (nSPS) is 9.90. The SMILES string of the molecule is Cc1cc(N(C)C)ccc1NCc1cccc(C#N)c1. The Morgan fingerprint density at radius 2 is 1.95 bits per heavy atom. The third-order valence-corrected chi connectivity index (χ3v) is 3.27. The average molecular weight is 265 g/mol. The van der Waals surface area contributed by atoms with Gasteiger partial charge in [0, 0.05) is 32.0 Å². The molecule has 0 fully saturated rings. The van der Waals surface area contributed by atoms with E-state index in [1.807, 2.05) is 38.4 Å². The Morgan fingerprint density at radius 1 is 1.15 bits per heavy atom. The number of hydrogen-bond acceptors (Lipinski definition) is 3. The second-order valence-corrected chi connectivity index (χ2v) is 5.06. The molecule has 1 N–H and O–H groups in total. The summed E-state index contributed by atoms with van der Waals surface area (Å²) in [6, 6.07) is 16.2. The van der Waals surface area contributed by atoms with E-state index >= 15 is 0 Å². The lowest BCUT2D eigenvalue weighted by Crippen LogP contribution is -2.09. The monoisotopic (exact) mass is 265 g/mol. The Labute approximate surface area is 120 Å². The summed E-state index contributed by atoms with van der Waals surface area (Å²) in [4.78, 5) is 2.09. The Bertz CT molecular complexity index is 639. The molecule has 0 aliphatic carbocycles. The van der Waals surface area contributed by atoms with Crippen LogP contribution >= 0.6 is 0 Å². The quantitative estimate of drug-likeness (QED) is 0.919. The molecule has 0 aliphatic heterocycles. The van der Waals surface area contributed by atoms with Gasteiger partial charge in [0.1, 0.15) is 0 Å². The topological polar surface area (TPSA) is 39.1 Å². The minimum absolute atomic E-state index is 0.698. The predicted octanol–water partition coefficient (Wildman–Crippen LogP) is 3.54. The van der Waals surface area contributed by atoms with Gasteiger partial charge in [-0.3, -0.25) is 0 Å². The number of rotatable bonds is 4. The van der Waals surface area contributed by atoms with Crippen LogP contribution in [0.3, 0.4) is 0 Å². The van der Waals surface area contributed by atoms with Gasteiger partial charge in [0.25, 0.3) is 0 Å². The maximum Gasteiger partial charge on any atom is 0.0991 e. The molecule has 0 aromatic heterocycles. The number of aryl methyl sites for hydroxylation is 1. The summed E-state index contributed by atoms with van der Waals surface area (Å²) >= 11 is 0. The second kappa shape index (κ2) is 6.12. The summed E-state index contributed by atoms with van der Waals surface area (Å²) in [5.41, 5.74) is 5.34. The van der Waals surface area contributed by atoms with E-state index in [0.29, 0.717) is 5.56 Å². The van der Waals surface area contributed by atoms with Crippen molar-refractivity contribution in [1.82, 2.24) is 0 Å². The minimum atomic E-state index is 0.698. The van der Waals surface area contributed by atoms with Gasteiger partial charge in [-0.1, -0.05) is 12.1 Å². The summed E-state index contributed by atoms with van der Waals surface area (Å²) in [7, 11) is 4.07. The van der Waals surface area contributed by atoms with Gasteiger partial charge in [-0.25, -0.2) is 0 Å². The fourth-order valence-electron chi connectivity index (χ4n) is 2.07. The lowest BCUT2D eigenvalue weighted by atomic mass is 10.1. The highest BCUT2D eigenvalue weighted by Gasteiger charge is 2.02. The standard InChI is InChI=1S/C17H19N3/c1-13-9-16(20(2)3)7-8-17(13)19-12-15-6-4-5-14(10-15)11-18/h4-10,19H,12H2,1-3H3. The van der Waals surface area contributed by atoms with Crippen molar-refractivity contribution in [3.05, 3.63) is 59.2 Å². The molecule has 0 saturated carbocycles. The zero-order valence-corrected chi connectivity index (χ0v) is 12.1. The van der Waals surface area contributed by atoms with Gasteiger partial charge < -0.3 is 10.2 Å². The van der Waals surface area contributed by atoms with Crippen molar-refractivity contribution in [3.63, 3.8) is 0 Å². The van der Waals surface area contributed by atoms with Crippen LogP contribution in [0, 0.1) is 18.3 Å². The number of benzene rings is 2. The lowest BCUT2D eigenvalue weighted by Gasteiger charge is -2.16. The van der Waals surface area contributed by atoms with Crippen LogP contribution < -0.4 is 10.2 Å². The highest BCUT2D eigenvalue weighted by atomic mass is 15.1. The third-order valence-electron chi connectivity index (χ3n) is 3.27. The average Bonchev–Trinajstić information content (AvgIpc) is 2.46. The van der Waals surface area contributed by atoms with E-state index in [1.165, 1.54) is 11.3 Å². The molecular weight excluding hydrogens is 246 g/mol. The third kappa shape index (κ3) is 3.30. The van der Waals surface area contributed by atoms with E-state index in [9.17, 15) is 0 Å². The largest absolute Gasteiger partial charge is 0.381 e. The molecule has 102 valence electrons. The molecule has 0 heterocycles. The molecule has 0 unspecified atom stereocenters. The Kier molecular flexibility index (Phi) is 4.27. The van der Waals surface area contributed by atoms with Gasteiger partial charge in [-0.2, -0.15) is 5.26 Å². The number of nitrogens with zero attached hydrogens (tertiary/aromatic N) is 2. The van der Waals surface area contributed by atoms with Gasteiger partial charge in [0.2, 0.25) is 0 Å². The molecule has 20 heavy (non-hydrogen) atoms. The van der Waals surface area contributed by atoms with Gasteiger partial charge in [-0.15, -0.1) is 0 Å². The van der Waals surface area contributed by atoms with Crippen LogP contribution in [0.1, 0.15) is 16.7 Å². The molecule has 2 rings (SSSR count). The molecule has 0 saturated heterocycles. The van der Waals surface area contributed by atoms with Crippen LogP contribution in [0.25, 0.3) is 0 Å². The summed E-state index contributed by atoms with van der Waals surface area (Å²) in [6.45, 7) is 2.82. The minimum Gasteiger partial charge on any atom is -0.381 e.